The van der Waals surface area contributed by atoms with Crippen LogP contribution in [0.1, 0.15) is 28.0 Å². The van der Waals surface area contributed by atoms with Crippen molar-refractivity contribution in [2.75, 3.05) is 25.2 Å². The molecule has 34 heavy (non-hydrogen) atoms. The number of aryl methyl sites for hydroxylation is 1. The summed E-state index contributed by atoms with van der Waals surface area (Å²) in [6, 6.07) is 7.62. The molecule has 0 aliphatic carbocycles. The van der Waals surface area contributed by atoms with E-state index in [2.05, 4.69) is 15.3 Å². The topological polar surface area (TPSA) is 99.4 Å². The Bertz CT molecular complexity index is 1230. The lowest BCUT2D eigenvalue weighted by molar-refractivity contribution is -0.143. The molecule has 1 aliphatic heterocycles. The fourth-order valence-electron chi connectivity index (χ4n) is 3.61. The summed E-state index contributed by atoms with van der Waals surface area (Å²) < 4.78 is 51.8. The molecule has 0 unspecified atom stereocenters. The summed E-state index contributed by atoms with van der Waals surface area (Å²) in [5, 5.41) is 10.6. The van der Waals surface area contributed by atoms with Crippen molar-refractivity contribution in [3.05, 3.63) is 58.5 Å². The van der Waals surface area contributed by atoms with Crippen LogP contribution in [0.5, 0.6) is 5.75 Å². The molecular weight excluding hydrogens is 479 g/mol. The predicted molar refractivity (Wildman–Crippen MR) is 113 cm³/mol. The first-order chi connectivity index (χ1) is 16.2. The number of methoxy groups -OCH3 is 1. The van der Waals surface area contributed by atoms with E-state index in [1.807, 2.05) is 6.07 Å². The third kappa shape index (κ3) is 4.67. The van der Waals surface area contributed by atoms with Gasteiger partial charge < -0.3 is 14.4 Å². The van der Waals surface area contributed by atoms with Crippen LogP contribution in [0.3, 0.4) is 0 Å². The van der Waals surface area contributed by atoms with Crippen molar-refractivity contribution in [2.45, 2.75) is 19.0 Å². The van der Waals surface area contributed by atoms with Crippen molar-refractivity contribution >= 4 is 29.2 Å². The van der Waals surface area contributed by atoms with Gasteiger partial charge in [-0.1, -0.05) is 11.6 Å². The second-order valence-corrected chi connectivity index (χ2v) is 7.64. The lowest BCUT2D eigenvalue weighted by atomic mass is 10.0. The molecule has 3 aromatic rings. The number of hydrogen-bond donors (Lipinski definition) is 0. The molecule has 1 aliphatic rings. The van der Waals surface area contributed by atoms with Crippen LogP contribution in [0.2, 0.25) is 5.15 Å². The first kappa shape index (κ1) is 23.5. The molecule has 1 aromatic carbocycles. The highest BCUT2D eigenvalue weighted by atomic mass is 35.5. The average Bonchev–Trinajstić information content (AvgIpc) is 3.28. The number of nitrogens with zero attached hydrogens (tertiary/aromatic N) is 5. The lowest BCUT2D eigenvalue weighted by Crippen LogP contribution is -2.38. The second kappa shape index (κ2) is 9.29. The van der Waals surface area contributed by atoms with E-state index in [0.717, 1.165) is 12.0 Å². The van der Waals surface area contributed by atoms with E-state index in [4.69, 9.17) is 21.1 Å². The number of benzene rings is 1. The normalized spacial score (nSPS) is 13.4. The van der Waals surface area contributed by atoms with E-state index in [0.29, 0.717) is 35.3 Å². The molecule has 9 nitrogen and oxygen atoms in total. The molecule has 0 saturated carbocycles. The predicted octanol–water partition coefficient (Wildman–Crippen LogP) is 3.48. The molecule has 4 rings (SSSR count). The van der Waals surface area contributed by atoms with E-state index < -0.39 is 35.9 Å². The van der Waals surface area contributed by atoms with E-state index in [-0.39, 0.29) is 11.0 Å². The molecule has 0 N–H and O–H groups in total. The summed E-state index contributed by atoms with van der Waals surface area (Å²) in [6.45, 7) is -0.357. The van der Waals surface area contributed by atoms with Crippen molar-refractivity contribution < 1.29 is 32.2 Å². The van der Waals surface area contributed by atoms with Gasteiger partial charge in [0.25, 0.3) is 5.91 Å². The molecule has 0 spiro atoms. The standard InChI is InChI=1S/C21H17ClF3N5O4/c1-33-13-4-5-15-12(9-13)3-2-8-29(15)18(31)11-34-20(32)14-10-26-30(19(14)21(23,24)25)17-7-6-16(22)27-28-17/h4-7,9-10H,2-3,8,11H2,1H3. The fraction of sp³-hybridized carbons (Fsp3) is 0.286. The van der Waals surface area contributed by atoms with Crippen LogP contribution in [-0.2, 0) is 22.1 Å². The number of carbonyl (C=O) groups excluding carboxylic acids is 2. The number of carbonyl (C=O) groups is 2. The Morgan fingerprint density at radius 2 is 1.97 bits per heavy atom. The molecule has 13 heteroatoms. The van der Waals surface area contributed by atoms with Crippen molar-refractivity contribution in [3.8, 4) is 11.6 Å². The Morgan fingerprint density at radius 1 is 1.18 bits per heavy atom. The largest absolute Gasteiger partial charge is 0.497 e. The fourth-order valence-corrected chi connectivity index (χ4v) is 3.71. The van der Waals surface area contributed by atoms with Crippen LogP contribution >= 0.6 is 11.6 Å². The lowest BCUT2D eigenvalue weighted by Gasteiger charge is -2.29. The van der Waals surface area contributed by atoms with Crippen LogP contribution in [-0.4, -0.2) is 52.1 Å². The number of aromatic nitrogens is 4. The zero-order valence-electron chi connectivity index (χ0n) is 17.7. The van der Waals surface area contributed by atoms with Crippen LogP contribution in [0.25, 0.3) is 5.82 Å². The summed E-state index contributed by atoms with van der Waals surface area (Å²) >= 11 is 5.62. The van der Waals surface area contributed by atoms with Gasteiger partial charge in [-0.3, -0.25) is 4.79 Å². The SMILES string of the molecule is COc1ccc2c(c1)CCCN2C(=O)COC(=O)c1cnn(-c2ccc(Cl)nn2)c1C(F)(F)F. The van der Waals surface area contributed by atoms with Crippen LogP contribution in [0, 0.1) is 0 Å². The van der Waals surface area contributed by atoms with Crippen molar-refractivity contribution in [1.82, 2.24) is 20.0 Å². The number of amides is 1. The Balaban J connectivity index is 1.53. The van der Waals surface area contributed by atoms with Gasteiger partial charge in [0.2, 0.25) is 0 Å². The Kier molecular flexibility index (Phi) is 6.42. The number of anilines is 1. The molecule has 0 fully saturated rings. The summed E-state index contributed by atoms with van der Waals surface area (Å²) in [4.78, 5) is 26.7. The third-order valence-electron chi connectivity index (χ3n) is 5.13. The van der Waals surface area contributed by atoms with Crippen molar-refractivity contribution in [2.24, 2.45) is 0 Å². The number of fused-ring (bicyclic) bond motifs is 1. The maximum Gasteiger partial charge on any atom is 0.434 e. The molecule has 2 aromatic heterocycles. The van der Waals surface area contributed by atoms with E-state index in [1.54, 1.807) is 12.1 Å². The highest BCUT2D eigenvalue weighted by molar-refractivity contribution is 6.29. The highest BCUT2D eigenvalue weighted by Crippen LogP contribution is 2.34. The zero-order chi connectivity index (χ0) is 24.5. The van der Waals surface area contributed by atoms with Crippen molar-refractivity contribution in [1.29, 1.82) is 0 Å². The second-order valence-electron chi connectivity index (χ2n) is 7.25. The minimum Gasteiger partial charge on any atom is -0.497 e. The zero-order valence-corrected chi connectivity index (χ0v) is 18.4. The smallest absolute Gasteiger partial charge is 0.434 e. The minimum atomic E-state index is -4.97. The van der Waals surface area contributed by atoms with Gasteiger partial charge in [0.15, 0.2) is 23.3 Å². The van der Waals surface area contributed by atoms with Gasteiger partial charge in [0.1, 0.15) is 11.3 Å². The molecule has 0 bridgehead atoms. The maximum atomic E-state index is 13.8. The highest BCUT2D eigenvalue weighted by Gasteiger charge is 2.41. The first-order valence-electron chi connectivity index (χ1n) is 9.98. The summed E-state index contributed by atoms with van der Waals surface area (Å²) in [5.74, 6) is -1.57. The molecule has 3 heterocycles. The number of ether oxygens (including phenoxy) is 2. The molecule has 0 atom stereocenters. The van der Waals surface area contributed by atoms with Gasteiger partial charge in [-0.05, 0) is 48.7 Å². The Labute approximate surface area is 196 Å². The Hall–Kier alpha value is -3.67. The number of esters is 1. The number of alkyl halides is 3. The van der Waals surface area contributed by atoms with Gasteiger partial charge in [0.05, 0.1) is 13.3 Å². The maximum absolute atomic E-state index is 13.8. The van der Waals surface area contributed by atoms with E-state index >= 15 is 0 Å². The van der Waals surface area contributed by atoms with Crippen molar-refractivity contribution in [3.63, 3.8) is 0 Å². The number of rotatable bonds is 5. The summed E-state index contributed by atoms with van der Waals surface area (Å²) in [5.41, 5.74) is -0.744. The van der Waals surface area contributed by atoms with Gasteiger partial charge >= 0.3 is 12.1 Å². The van der Waals surface area contributed by atoms with Crippen LogP contribution < -0.4 is 9.64 Å². The molecular formula is C21H17ClF3N5O4. The minimum absolute atomic E-state index is 0.0275. The molecule has 178 valence electrons. The number of hydrogen-bond acceptors (Lipinski definition) is 7. The van der Waals surface area contributed by atoms with E-state index in [9.17, 15) is 22.8 Å². The van der Waals surface area contributed by atoms with Gasteiger partial charge in [-0.15, -0.1) is 10.2 Å². The monoisotopic (exact) mass is 495 g/mol. The van der Waals surface area contributed by atoms with Gasteiger partial charge in [-0.2, -0.15) is 18.3 Å². The molecule has 0 radical (unpaired) electrons. The quantitative estimate of drug-likeness (QED) is 0.500. The molecule has 1 amide bonds. The average molecular weight is 496 g/mol. The van der Waals surface area contributed by atoms with Crippen LogP contribution in [0.4, 0.5) is 18.9 Å². The molecule has 0 saturated heterocycles. The van der Waals surface area contributed by atoms with Gasteiger partial charge in [0, 0.05) is 12.2 Å². The van der Waals surface area contributed by atoms with Gasteiger partial charge in [-0.25, -0.2) is 9.48 Å². The number of halogens is 4. The third-order valence-corrected chi connectivity index (χ3v) is 5.33. The first-order valence-corrected chi connectivity index (χ1v) is 10.4. The summed E-state index contributed by atoms with van der Waals surface area (Å²) in [7, 11) is 1.53. The van der Waals surface area contributed by atoms with E-state index in [1.165, 1.54) is 24.1 Å². The van der Waals surface area contributed by atoms with Crippen LogP contribution in [0.15, 0.2) is 36.5 Å². The Morgan fingerprint density at radius 3 is 2.65 bits per heavy atom. The summed E-state index contributed by atoms with van der Waals surface area (Å²) in [6.07, 6.45) is -2.86.